The first kappa shape index (κ1) is 19.5. The maximum Gasteiger partial charge on any atom is 0.297 e. The highest BCUT2D eigenvalue weighted by atomic mass is 79.9. The number of halogens is 1. The number of nitrogens with zero attached hydrogens (tertiary/aromatic N) is 1. The Bertz CT molecular complexity index is 867. The molecule has 2 rings (SSSR count). The molecule has 25 heavy (non-hydrogen) atoms. The van der Waals surface area contributed by atoms with Crippen LogP contribution in [0.25, 0.3) is 0 Å². The first-order valence-electron chi connectivity index (χ1n) is 7.26. The van der Waals surface area contributed by atoms with Gasteiger partial charge in [0.25, 0.3) is 15.8 Å². The molecule has 0 spiro atoms. The number of nitro benzene ring substituents is 1. The number of aliphatic hydroxyl groups excluding tert-OH is 1. The van der Waals surface area contributed by atoms with Gasteiger partial charge in [-0.2, -0.15) is 8.42 Å². The van der Waals surface area contributed by atoms with Gasteiger partial charge in [-0.25, -0.2) is 0 Å². The molecule has 0 radical (unpaired) electrons. The van der Waals surface area contributed by atoms with Crippen molar-refractivity contribution in [3.05, 3.63) is 68.2 Å². The number of hydrogen-bond acceptors (Lipinski definition) is 6. The van der Waals surface area contributed by atoms with Crippen molar-refractivity contribution in [3.8, 4) is 0 Å². The van der Waals surface area contributed by atoms with Gasteiger partial charge in [0.2, 0.25) is 0 Å². The molecular formula is C16H16BrNO6S. The molecule has 1 atom stereocenters. The van der Waals surface area contributed by atoms with Crippen molar-refractivity contribution in [1.82, 2.24) is 0 Å². The summed E-state index contributed by atoms with van der Waals surface area (Å²) in [7, 11) is -4.00. The minimum absolute atomic E-state index is 0.0140. The van der Waals surface area contributed by atoms with E-state index in [0.29, 0.717) is 4.47 Å². The zero-order valence-electron chi connectivity index (χ0n) is 13.3. The van der Waals surface area contributed by atoms with Gasteiger partial charge in [-0.05, 0) is 25.1 Å². The lowest BCUT2D eigenvalue weighted by Gasteiger charge is -2.12. The van der Waals surface area contributed by atoms with Crippen molar-refractivity contribution in [1.29, 1.82) is 0 Å². The minimum Gasteiger partial charge on any atom is -0.390 e. The molecule has 0 aliphatic carbocycles. The zero-order valence-corrected chi connectivity index (χ0v) is 15.7. The molecule has 0 amide bonds. The lowest BCUT2D eigenvalue weighted by molar-refractivity contribution is -0.385. The number of hydrogen-bond donors (Lipinski definition) is 1. The predicted octanol–water partition coefficient (Wildman–Crippen LogP) is 2.97. The van der Waals surface area contributed by atoms with Crippen molar-refractivity contribution in [2.45, 2.75) is 24.3 Å². The highest BCUT2D eigenvalue weighted by molar-refractivity contribution is 9.10. The van der Waals surface area contributed by atoms with E-state index in [9.17, 15) is 23.6 Å². The summed E-state index contributed by atoms with van der Waals surface area (Å²) in [5.74, 6) is 0. The number of nitro groups is 1. The van der Waals surface area contributed by atoms with Gasteiger partial charge in [-0.3, -0.25) is 14.3 Å². The van der Waals surface area contributed by atoms with Gasteiger partial charge in [-0.1, -0.05) is 39.7 Å². The lowest BCUT2D eigenvalue weighted by Crippen LogP contribution is -2.21. The summed E-state index contributed by atoms with van der Waals surface area (Å²) in [4.78, 5) is 10.5. The summed E-state index contributed by atoms with van der Waals surface area (Å²) in [5, 5.41) is 21.1. The van der Waals surface area contributed by atoms with Crippen LogP contribution in [0.2, 0.25) is 0 Å². The average molecular weight is 430 g/mol. The first-order chi connectivity index (χ1) is 11.7. The number of aliphatic hydroxyl groups is 1. The van der Waals surface area contributed by atoms with Crippen molar-refractivity contribution in [3.63, 3.8) is 0 Å². The van der Waals surface area contributed by atoms with E-state index in [2.05, 4.69) is 15.9 Å². The molecule has 0 fully saturated rings. The summed E-state index contributed by atoms with van der Waals surface area (Å²) in [6, 6.07) is 10.5. The molecular weight excluding hydrogens is 414 g/mol. The Morgan fingerprint density at radius 3 is 2.48 bits per heavy atom. The van der Waals surface area contributed by atoms with E-state index in [1.54, 1.807) is 18.2 Å². The van der Waals surface area contributed by atoms with Crippen LogP contribution in [0, 0.1) is 17.0 Å². The minimum atomic E-state index is -4.00. The predicted molar refractivity (Wildman–Crippen MR) is 94.8 cm³/mol. The molecule has 0 bridgehead atoms. The zero-order chi connectivity index (χ0) is 18.6. The fourth-order valence-electron chi connectivity index (χ4n) is 2.13. The smallest absolute Gasteiger partial charge is 0.297 e. The van der Waals surface area contributed by atoms with Crippen LogP contribution in [0.4, 0.5) is 5.69 Å². The van der Waals surface area contributed by atoms with Gasteiger partial charge in [0.05, 0.1) is 22.5 Å². The van der Waals surface area contributed by atoms with Crippen molar-refractivity contribution in [2.24, 2.45) is 0 Å². The highest BCUT2D eigenvalue weighted by Crippen LogP contribution is 2.25. The van der Waals surface area contributed by atoms with E-state index in [0.717, 1.165) is 5.56 Å². The molecule has 7 nitrogen and oxygen atoms in total. The number of rotatable bonds is 7. The Balaban J connectivity index is 2.05. The van der Waals surface area contributed by atoms with Crippen LogP contribution in [-0.2, 0) is 20.7 Å². The standard InChI is InChI=1S/C16H16BrNO6S/c1-11-2-6-15(7-3-11)25(22,23)24-10-14(19)8-12-4-5-13(17)9-16(12)18(20)21/h2-7,9,14,19H,8,10H2,1H3. The van der Waals surface area contributed by atoms with Gasteiger partial charge in [0, 0.05) is 22.5 Å². The molecule has 2 aromatic carbocycles. The van der Waals surface area contributed by atoms with Crippen LogP contribution in [0.15, 0.2) is 51.8 Å². The van der Waals surface area contributed by atoms with Crippen LogP contribution in [0.5, 0.6) is 0 Å². The van der Waals surface area contributed by atoms with Crippen LogP contribution < -0.4 is 0 Å². The molecule has 134 valence electrons. The Hall–Kier alpha value is -1.81. The summed E-state index contributed by atoms with van der Waals surface area (Å²) in [6.45, 7) is 1.33. The molecule has 9 heteroatoms. The van der Waals surface area contributed by atoms with Gasteiger partial charge in [-0.15, -0.1) is 0 Å². The van der Waals surface area contributed by atoms with Crippen molar-refractivity contribution in [2.75, 3.05) is 6.61 Å². The third-order valence-corrected chi connectivity index (χ3v) is 5.21. The third kappa shape index (κ3) is 5.33. The Morgan fingerprint density at radius 1 is 1.24 bits per heavy atom. The molecule has 0 aliphatic heterocycles. The quantitative estimate of drug-likeness (QED) is 0.411. The van der Waals surface area contributed by atoms with E-state index >= 15 is 0 Å². The monoisotopic (exact) mass is 429 g/mol. The summed E-state index contributed by atoms with van der Waals surface area (Å²) in [5.41, 5.74) is 1.04. The number of aryl methyl sites for hydroxylation is 1. The molecule has 1 N–H and O–H groups in total. The Morgan fingerprint density at radius 2 is 1.88 bits per heavy atom. The Labute approximate surface area is 153 Å². The van der Waals surface area contributed by atoms with Gasteiger partial charge in [0.15, 0.2) is 0 Å². The molecule has 0 saturated heterocycles. The molecule has 0 aliphatic rings. The van der Waals surface area contributed by atoms with Crippen LogP contribution in [-0.4, -0.2) is 31.2 Å². The van der Waals surface area contributed by atoms with E-state index < -0.39 is 27.8 Å². The van der Waals surface area contributed by atoms with Gasteiger partial charge < -0.3 is 5.11 Å². The SMILES string of the molecule is Cc1ccc(S(=O)(=O)OCC(O)Cc2ccc(Br)cc2[N+](=O)[O-])cc1. The topological polar surface area (TPSA) is 107 Å². The summed E-state index contributed by atoms with van der Waals surface area (Å²) >= 11 is 3.15. The molecule has 1 unspecified atom stereocenters. The highest BCUT2D eigenvalue weighted by Gasteiger charge is 2.21. The fraction of sp³-hybridized carbons (Fsp3) is 0.250. The molecule has 2 aromatic rings. The fourth-order valence-corrected chi connectivity index (χ4v) is 3.42. The lowest BCUT2D eigenvalue weighted by atomic mass is 10.1. The van der Waals surface area contributed by atoms with Crippen molar-refractivity contribution < 1.29 is 22.6 Å². The normalized spacial score (nSPS) is 12.8. The van der Waals surface area contributed by atoms with Gasteiger partial charge >= 0.3 is 0 Å². The maximum atomic E-state index is 12.1. The van der Waals surface area contributed by atoms with E-state index in [-0.39, 0.29) is 22.6 Å². The number of benzene rings is 2. The second-order valence-corrected chi connectivity index (χ2v) is 7.97. The second-order valence-electron chi connectivity index (χ2n) is 5.44. The maximum absolute atomic E-state index is 12.1. The van der Waals surface area contributed by atoms with E-state index in [1.807, 2.05) is 6.92 Å². The first-order valence-corrected chi connectivity index (χ1v) is 9.46. The third-order valence-electron chi connectivity index (χ3n) is 3.42. The molecule has 0 aromatic heterocycles. The summed E-state index contributed by atoms with van der Waals surface area (Å²) < 4.78 is 29.5. The Kier molecular flexibility index (Phi) is 6.28. The second kappa shape index (κ2) is 8.05. The van der Waals surface area contributed by atoms with Crippen molar-refractivity contribution >= 4 is 31.7 Å². The molecule has 0 heterocycles. The van der Waals surface area contributed by atoms with E-state index in [1.165, 1.54) is 24.3 Å². The molecule has 0 saturated carbocycles. The largest absolute Gasteiger partial charge is 0.390 e. The average Bonchev–Trinajstić information content (AvgIpc) is 2.55. The van der Waals surface area contributed by atoms with Crippen LogP contribution in [0.3, 0.4) is 0 Å². The van der Waals surface area contributed by atoms with Gasteiger partial charge in [0.1, 0.15) is 0 Å². The van der Waals surface area contributed by atoms with E-state index in [4.69, 9.17) is 4.18 Å². The summed E-state index contributed by atoms with van der Waals surface area (Å²) in [6.07, 6.45) is -1.31. The van der Waals surface area contributed by atoms with Crippen LogP contribution >= 0.6 is 15.9 Å². The van der Waals surface area contributed by atoms with Crippen LogP contribution in [0.1, 0.15) is 11.1 Å².